The maximum atomic E-state index is 12.7. The van der Waals surface area contributed by atoms with E-state index in [0.717, 1.165) is 16.9 Å². The minimum atomic E-state index is -0.209. The normalized spacial score (nSPS) is 12.8. The second-order valence-electron chi connectivity index (χ2n) is 7.22. The van der Waals surface area contributed by atoms with Crippen LogP contribution in [0.5, 0.6) is 5.75 Å². The molecule has 154 valence electrons. The second kappa shape index (κ2) is 8.82. The minimum Gasteiger partial charge on any atom is -0.490 e. The van der Waals surface area contributed by atoms with Crippen molar-refractivity contribution in [3.8, 4) is 5.75 Å². The fourth-order valence-electron chi connectivity index (χ4n) is 3.51. The van der Waals surface area contributed by atoms with Crippen LogP contribution in [0, 0.1) is 6.92 Å². The van der Waals surface area contributed by atoms with Gasteiger partial charge in [-0.2, -0.15) is 5.10 Å². The monoisotopic (exact) mass is 404 g/mol. The molecule has 0 saturated heterocycles. The number of aromatic nitrogens is 2. The summed E-state index contributed by atoms with van der Waals surface area (Å²) < 4.78 is 7.36. The molecule has 30 heavy (non-hydrogen) atoms. The highest BCUT2D eigenvalue weighted by atomic mass is 16.5. The molecule has 3 aromatic rings. The molecule has 0 spiro atoms. The van der Waals surface area contributed by atoms with Gasteiger partial charge in [-0.25, -0.2) is 4.68 Å². The highest BCUT2D eigenvalue weighted by molar-refractivity contribution is 5.99. The highest BCUT2D eigenvalue weighted by Gasteiger charge is 2.23. The summed E-state index contributed by atoms with van der Waals surface area (Å²) in [7, 11) is 0. The zero-order valence-electron chi connectivity index (χ0n) is 16.9. The number of fused-ring (bicyclic) bond motifs is 1. The standard InChI is InChI=1S/C23H24N4O3/c1-17-15-21(27(25-17)16-18-7-3-2-4-8-18)24-22(28)11-12-23(29)26-13-14-30-20-10-6-5-9-19(20)26/h2-10,15H,11-14,16H2,1H3,(H,24,28). The zero-order chi connectivity index (χ0) is 20.9. The largest absolute Gasteiger partial charge is 0.490 e. The van der Waals surface area contributed by atoms with Crippen LogP contribution in [0.25, 0.3) is 0 Å². The number of hydrogen-bond acceptors (Lipinski definition) is 4. The van der Waals surface area contributed by atoms with E-state index in [1.54, 1.807) is 9.58 Å². The fraction of sp³-hybridized carbons (Fsp3) is 0.261. The Bertz CT molecular complexity index is 1050. The molecule has 2 heterocycles. The maximum Gasteiger partial charge on any atom is 0.227 e. The molecular formula is C23H24N4O3. The Morgan fingerprint density at radius 1 is 1.07 bits per heavy atom. The van der Waals surface area contributed by atoms with Crippen LogP contribution >= 0.6 is 0 Å². The molecule has 4 rings (SSSR count). The second-order valence-corrected chi connectivity index (χ2v) is 7.22. The van der Waals surface area contributed by atoms with Gasteiger partial charge in [-0.05, 0) is 24.6 Å². The number of nitrogens with zero attached hydrogens (tertiary/aromatic N) is 3. The first-order valence-corrected chi connectivity index (χ1v) is 10.0. The molecule has 0 bridgehead atoms. The summed E-state index contributed by atoms with van der Waals surface area (Å²) in [5.41, 5.74) is 2.67. The van der Waals surface area contributed by atoms with Crippen molar-refractivity contribution in [3.05, 3.63) is 71.9 Å². The van der Waals surface area contributed by atoms with Crippen molar-refractivity contribution in [2.24, 2.45) is 0 Å². The van der Waals surface area contributed by atoms with E-state index in [9.17, 15) is 9.59 Å². The van der Waals surface area contributed by atoms with Gasteiger partial charge >= 0.3 is 0 Å². The molecule has 0 saturated carbocycles. The Balaban J connectivity index is 1.36. The van der Waals surface area contributed by atoms with Crippen molar-refractivity contribution in [2.45, 2.75) is 26.3 Å². The molecule has 7 heteroatoms. The van der Waals surface area contributed by atoms with E-state index in [-0.39, 0.29) is 24.7 Å². The molecule has 1 aromatic heterocycles. The molecular weight excluding hydrogens is 380 g/mol. The summed E-state index contributed by atoms with van der Waals surface area (Å²) in [5.74, 6) is 1.03. The lowest BCUT2D eigenvalue weighted by molar-refractivity contribution is -0.122. The van der Waals surface area contributed by atoms with Gasteiger partial charge in [-0.15, -0.1) is 0 Å². The van der Waals surface area contributed by atoms with Gasteiger partial charge in [0.15, 0.2) is 0 Å². The average Bonchev–Trinajstić information content (AvgIpc) is 3.10. The first kappa shape index (κ1) is 19.7. The van der Waals surface area contributed by atoms with Crippen molar-refractivity contribution in [2.75, 3.05) is 23.4 Å². The zero-order valence-corrected chi connectivity index (χ0v) is 16.9. The topological polar surface area (TPSA) is 76.5 Å². The number of carbonyl (C=O) groups is 2. The maximum absolute atomic E-state index is 12.7. The minimum absolute atomic E-state index is 0.0881. The number of ether oxygens (including phenoxy) is 1. The van der Waals surface area contributed by atoms with Crippen molar-refractivity contribution in [1.29, 1.82) is 0 Å². The lowest BCUT2D eigenvalue weighted by Crippen LogP contribution is -2.38. The Kier molecular flexibility index (Phi) is 5.79. The van der Waals surface area contributed by atoms with Gasteiger partial charge in [-0.1, -0.05) is 42.5 Å². The molecule has 1 N–H and O–H groups in total. The number of nitrogens with one attached hydrogen (secondary N) is 1. The first-order valence-electron chi connectivity index (χ1n) is 10.0. The van der Waals surface area contributed by atoms with Crippen LogP contribution in [-0.2, 0) is 16.1 Å². The molecule has 2 amide bonds. The predicted octanol–water partition coefficient (Wildman–Crippen LogP) is 3.38. The predicted molar refractivity (Wildman–Crippen MR) is 115 cm³/mol. The number of amides is 2. The van der Waals surface area contributed by atoms with Crippen LogP contribution in [0.1, 0.15) is 24.1 Å². The highest BCUT2D eigenvalue weighted by Crippen LogP contribution is 2.31. The van der Waals surface area contributed by atoms with Crippen molar-refractivity contribution < 1.29 is 14.3 Å². The van der Waals surface area contributed by atoms with Crippen LogP contribution < -0.4 is 15.0 Å². The van der Waals surface area contributed by atoms with E-state index in [1.807, 2.05) is 67.6 Å². The number of rotatable bonds is 6. The van der Waals surface area contributed by atoms with E-state index in [1.165, 1.54) is 0 Å². The Morgan fingerprint density at radius 3 is 2.67 bits per heavy atom. The molecule has 1 aliphatic rings. The van der Waals surface area contributed by atoms with Crippen LogP contribution in [0.4, 0.5) is 11.5 Å². The van der Waals surface area contributed by atoms with Crippen LogP contribution in [0.3, 0.4) is 0 Å². The first-order chi connectivity index (χ1) is 14.6. The Labute approximate surface area is 175 Å². The summed E-state index contributed by atoms with van der Waals surface area (Å²) >= 11 is 0. The third-order valence-corrected chi connectivity index (χ3v) is 4.94. The van der Waals surface area contributed by atoms with Gasteiger partial charge < -0.3 is 15.0 Å². The van der Waals surface area contributed by atoms with E-state index in [4.69, 9.17) is 4.74 Å². The van der Waals surface area contributed by atoms with Crippen molar-refractivity contribution in [3.63, 3.8) is 0 Å². The number of carbonyl (C=O) groups excluding carboxylic acids is 2. The lowest BCUT2D eigenvalue weighted by atomic mass is 10.2. The van der Waals surface area contributed by atoms with E-state index >= 15 is 0 Å². The van der Waals surface area contributed by atoms with E-state index in [0.29, 0.717) is 31.3 Å². The molecule has 2 aromatic carbocycles. The van der Waals surface area contributed by atoms with Crippen LogP contribution in [0.2, 0.25) is 0 Å². The molecule has 0 unspecified atom stereocenters. The molecule has 7 nitrogen and oxygen atoms in total. The third kappa shape index (κ3) is 4.51. The summed E-state index contributed by atoms with van der Waals surface area (Å²) in [6.45, 7) is 3.39. The van der Waals surface area contributed by atoms with E-state index in [2.05, 4.69) is 10.4 Å². The Hall–Kier alpha value is -3.61. The average molecular weight is 404 g/mol. The van der Waals surface area contributed by atoms with Gasteiger partial charge in [-0.3, -0.25) is 9.59 Å². The third-order valence-electron chi connectivity index (χ3n) is 4.94. The van der Waals surface area contributed by atoms with Crippen molar-refractivity contribution in [1.82, 2.24) is 9.78 Å². The van der Waals surface area contributed by atoms with Gasteiger partial charge in [0.1, 0.15) is 18.2 Å². The molecule has 0 atom stereocenters. The van der Waals surface area contributed by atoms with Crippen LogP contribution in [-0.4, -0.2) is 34.7 Å². The van der Waals surface area contributed by atoms with Crippen LogP contribution in [0.15, 0.2) is 60.7 Å². The molecule has 0 radical (unpaired) electrons. The SMILES string of the molecule is Cc1cc(NC(=O)CCC(=O)N2CCOc3ccccc32)n(Cc2ccccc2)n1. The molecule has 1 aliphatic heterocycles. The number of anilines is 2. The van der Waals surface area contributed by atoms with Gasteiger partial charge in [0.2, 0.25) is 11.8 Å². The number of aryl methyl sites for hydroxylation is 1. The smallest absolute Gasteiger partial charge is 0.227 e. The summed E-state index contributed by atoms with van der Waals surface area (Å²) in [5, 5.41) is 7.36. The number of hydrogen-bond donors (Lipinski definition) is 1. The number of benzene rings is 2. The van der Waals surface area contributed by atoms with Crippen molar-refractivity contribution >= 4 is 23.3 Å². The number of para-hydroxylation sites is 2. The lowest BCUT2D eigenvalue weighted by Gasteiger charge is -2.29. The van der Waals surface area contributed by atoms with E-state index < -0.39 is 0 Å². The summed E-state index contributed by atoms with van der Waals surface area (Å²) in [6, 6.07) is 19.2. The summed E-state index contributed by atoms with van der Waals surface area (Å²) in [6.07, 6.45) is 0.236. The molecule has 0 aliphatic carbocycles. The quantitative estimate of drug-likeness (QED) is 0.683. The summed E-state index contributed by atoms with van der Waals surface area (Å²) in [4.78, 5) is 26.9. The van der Waals surface area contributed by atoms with Gasteiger partial charge in [0.25, 0.3) is 0 Å². The Morgan fingerprint density at radius 2 is 1.83 bits per heavy atom. The fourth-order valence-corrected chi connectivity index (χ4v) is 3.51. The van der Waals surface area contributed by atoms with Gasteiger partial charge in [0, 0.05) is 18.9 Å². The van der Waals surface area contributed by atoms with Gasteiger partial charge in [0.05, 0.1) is 24.5 Å². The molecule has 0 fully saturated rings.